The van der Waals surface area contributed by atoms with E-state index in [2.05, 4.69) is 25.0 Å². The maximum absolute atomic E-state index is 12.5. The van der Waals surface area contributed by atoms with E-state index in [0.717, 1.165) is 12.1 Å². The predicted molar refractivity (Wildman–Crippen MR) is 97.6 cm³/mol. The number of nitrogens with one attached hydrogen (secondary N) is 1. The van der Waals surface area contributed by atoms with Crippen LogP contribution < -0.4 is 15.8 Å². The number of urea groups is 1. The molecule has 1 aromatic carbocycles. The Morgan fingerprint density at radius 2 is 1.63 bits per heavy atom. The van der Waals surface area contributed by atoms with E-state index in [9.17, 15) is 22.8 Å². The first-order valence-corrected chi connectivity index (χ1v) is 9.02. The second kappa shape index (κ2) is 8.88. The number of rotatable bonds is 3. The monoisotopic (exact) mass is 428 g/mol. The third-order valence-corrected chi connectivity index (χ3v) is 4.34. The Kier molecular flexibility index (Phi) is 6.28. The molecular formula is C17H19F3N6O4. The average Bonchev–Trinajstić information content (AvgIpc) is 3.07. The van der Waals surface area contributed by atoms with Crippen LogP contribution in [0, 0.1) is 0 Å². The molecule has 0 bridgehead atoms. The Morgan fingerprint density at radius 1 is 1.03 bits per heavy atom. The molecule has 0 spiro atoms. The topological polar surface area (TPSA) is 127 Å². The van der Waals surface area contributed by atoms with Crippen LogP contribution in [0.4, 0.5) is 29.5 Å². The number of hydrogen-bond acceptors (Lipinski definition) is 7. The van der Waals surface area contributed by atoms with Crippen molar-refractivity contribution in [1.29, 1.82) is 0 Å². The molecule has 1 aliphatic rings. The molecule has 0 aliphatic carbocycles. The first-order chi connectivity index (χ1) is 14.2. The number of benzene rings is 1. The van der Waals surface area contributed by atoms with Gasteiger partial charge in [0.1, 0.15) is 5.75 Å². The van der Waals surface area contributed by atoms with Gasteiger partial charge >= 0.3 is 12.4 Å². The maximum Gasteiger partial charge on any atom is 0.573 e. The fourth-order valence-corrected chi connectivity index (χ4v) is 2.97. The zero-order valence-corrected chi connectivity index (χ0v) is 15.7. The molecule has 162 valence electrons. The molecular weight excluding hydrogens is 409 g/mol. The lowest BCUT2D eigenvalue weighted by atomic mass is 10.2. The number of anilines is 2. The van der Waals surface area contributed by atoms with Crippen LogP contribution in [0.3, 0.4) is 0 Å². The molecule has 1 aromatic heterocycles. The second-order valence-electron chi connectivity index (χ2n) is 6.49. The molecule has 13 heteroatoms. The van der Waals surface area contributed by atoms with Crippen LogP contribution in [0.2, 0.25) is 0 Å². The molecule has 2 aromatic rings. The number of nitrogen functional groups attached to an aromatic ring is 1. The van der Waals surface area contributed by atoms with E-state index in [1.54, 1.807) is 9.80 Å². The minimum atomic E-state index is -4.78. The zero-order chi connectivity index (χ0) is 21.7. The molecule has 0 saturated carbocycles. The van der Waals surface area contributed by atoms with Crippen LogP contribution in [-0.4, -0.2) is 64.6 Å². The summed E-state index contributed by atoms with van der Waals surface area (Å²) in [6.45, 7) is 1.55. The largest absolute Gasteiger partial charge is 0.573 e. The van der Waals surface area contributed by atoms with E-state index in [1.165, 1.54) is 12.1 Å². The molecule has 30 heavy (non-hydrogen) atoms. The Labute approximate surface area is 168 Å². The summed E-state index contributed by atoms with van der Waals surface area (Å²) in [7, 11) is 0. The van der Waals surface area contributed by atoms with Crippen molar-refractivity contribution < 1.29 is 32.1 Å². The van der Waals surface area contributed by atoms with Crippen molar-refractivity contribution in [3.8, 4) is 5.75 Å². The van der Waals surface area contributed by atoms with Crippen molar-refractivity contribution in [1.82, 2.24) is 20.1 Å². The van der Waals surface area contributed by atoms with Gasteiger partial charge in [-0.05, 0) is 47.4 Å². The number of nitrogens with two attached hydrogens (primary N) is 1. The maximum atomic E-state index is 12.5. The van der Waals surface area contributed by atoms with E-state index >= 15 is 0 Å². The minimum Gasteiger partial charge on any atom is -0.406 e. The number of hydrogen-bond donors (Lipinski definition) is 2. The Hall–Kier alpha value is -3.51. The molecule has 0 unspecified atom stereocenters. The SMILES string of the molecule is Nc1nonc1C(=O)N1CCCN(C(=O)Nc2ccc(OC(F)(F)F)cc2)CCC1. The summed E-state index contributed by atoms with van der Waals surface area (Å²) in [5.74, 6) is -0.831. The highest BCUT2D eigenvalue weighted by Crippen LogP contribution is 2.24. The quantitative estimate of drug-likeness (QED) is 0.768. The van der Waals surface area contributed by atoms with Gasteiger partial charge in [-0.1, -0.05) is 0 Å². The summed E-state index contributed by atoms with van der Waals surface area (Å²) in [6, 6.07) is 4.48. The van der Waals surface area contributed by atoms with Crippen molar-refractivity contribution in [2.24, 2.45) is 0 Å². The number of carbonyl (C=O) groups is 2. The van der Waals surface area contributed by atoms with Crippen LogP contribution in [0.1, 0.15) is 23.3 Å². The van der Waals surface area contributed by atoms with Gasteiger partial charge in [0.25, 0.3) is 5.91 Å². The van der Waals surface area contributed by atoms with Gasteiger partial charge in [0.05, 0.1) is 0 Å². The van der Waals surface area contributed by atoms with Crippen molar-refractivity contribution >= 4 is 23.4 Å². The van der Waals surface area contributed by atoms with Crippen molar-refractivity contribution in [2.45, 2.75) is 19.2 Å². The number of aromatic nitrogens is 2. The molecule has 3 amide bonds. The molecule has 10 nitrogen and oxygen atoms in total. The smallest absolute Gasteiger partial charge is 0.406 e. The van der Waals surface area contributed by atoms with Crippen LogP contribution in [0.15, 0.2) is 28.9 Å². The molecule has 0 radical (unpaired) electrons. The fraction of sp³-hybridized carbons (Fsp3) is 0.412. The summed E-state index contributed by atoms with van der Waals surface area (Å²) < 4.78 is 44.9. The number of amides is 3. The van der Waals surface area contributed by atoms with Crippen molar-refractivity contribution in [2.75, 3.05) is 37.2 Å². The fourth-order valence-electron chi connectivity index (χ4n) is 2.97. The third kappa shape index (κ3) is 5.52. The van der Waals surface area contributed by atoms with E-state index in [1.807, 2.05) is 0 Å². The number of halogens is 3. The molecule has 0 atom stereocenters. The number of alkyl halides is 3. The molecule has 3 N–H and O–H groups in total. The lowest BCUT2D eigenvalue weighted by Crippen LogP contribution is -2.43. The van der Waals surface area contributed by atoms with E-state index in [-0.39, 0.29) is 29.2 Å². The van der Waals surface area contributed by atoms with E-state index in [0.29, 0.717) is 44.7 Å². The highest BCUT2D eigenvalue weighted by Gasteiger charge is 2.31. The van der Waals surface area contributed by atoms with Gasteiger partial charge in [0.15, 0.2) is 0 Å². The molecule has 1 saturated heterocycles. The van der Waals surface area contributed by atoms with Crippen LogP contribution >= 0.6 is 0 Å². The van der Waals surface area contributed by atoms with Crippen LogP contribution in [0.5, 0.6) is 5.75 Å². The Bertz CT molecular complexity index is 876. The highest BCUT2D eigenvalue weighted by molar-refractivity contribution is 5.96. The minimum absolute atomic E-state index is 0.0388. The normalized spacial score (nSPS) is 15.3. The summed E-state index contributed by atoms with van der Waals surface area (Å²) in [4.78, 5) is 28.0. The summed E-state index contributed by atoms with van der Waals surface area (Å²) in [6.07, 6.45) is -3.74. The number of ether oxygens (including phenoxy) is 1. The molecule has 3 rings (SSSR count). The molecule has 1 fully saturated rings. The van der Waals surface area contributed by atoms with Gasteiger partial charge in [-0.25, -0.2) is 9.42 Å². The predicted octanol–water partition coefficient (Wildman–Crippen LogP) is 2.32. The zero-order valence-electron chi connectivity index (χ0n) is 15.7. The van der Waals surface area contributed by atoms with Crippen LogP contribution in [0.25, 0.3) is 0 Å². The molecule has 2 heterocycles. The molecule has 1 aliphatic heterocycles. The number of nitrogens with zero attached hydrogens (tertiary/aromatic N) is 4. The van der Waals surface area contributed by atoms with Gasteiger partial charge in [0, 0.05) is 31.9 Å². The standard InChI is InChI=1S/C17H19F3N6O4/c18-17(19,20)29-12-5-3-11(4-6-12)22-16(28)26-9-1-7-25(8-2-10-26)15(27)13-14(21)24-30-23-13/h3-6H,1-2,7-10H2,(H2,21,24)(H,22,28). The Balaban J connectivity index is 1.51. The highest BCUT2D eigenvalue weighted by atomic mass is 19.4. The van der Waals surface area contributed by atoms with Gasteiger partial charge in [-0.3, -0.25) is 4.79 Å². The van der Waals surface area contributed by atoms with Gasteiger partial charge in [0.2, 0.25) is 11.5 Å². The van der Waals surface area contributed by atoms with Crippen LogP contribution in [-0.2, 0) is 0 Å². The summed E-state index contributed by atoms with van der Waals surface area (Å²) in [5, 5.41) is 9.54. The second-order valence-corrected chi connectivity index (χ2v) is 6.49. The third-order valence-electron chi connectivity index (χ3n) is 4.34. The summed E-state index contributed by atoms with van der Waals surface area (Å²) >= 11 is 0. The average molecular weight is 428 g/mol. The lowest BCUT2D eigenvalue weighted by molar-refractivity contribution is -0.274. The first kappa shape index (κ1) is 21.2. The first-order valence-electron chi connectivity index (χ1n) is 9.02. The number of carbonyl (C=O) groups excluding carboxylic acids is 2. The van der Waals surface area contributed by atoms with E-state index in [4.69, 9.17) is 5.73 Å². The van der Waals surface area contributed by atoms with Gasteiger partial charge in [-0.15, -0.1) is 13.2 Å². The Morgan fingerprint density at radius 3 is 2.17 bits per heavy atom. The van der Waals surface area contributed by atoms with Gasteiger partial charge in [-0.2, -0.15) is 0 Å². The van der Waals surface area contributed by atoms with Crippen molar-refractivity contribution in [3.05, 3.63) is 30.0 Å². The van der Waals surface area contributed by atoms with Gasteiger partial charge < -0.3 is 25.6 Å². The van der Waals surface area contributed by atoms with E-state index < -0.39 is 6.36 Å². The van der Waals surface area contributed by atoms with Crippen molar-refractivity contribution in [3.63, 3.8) is 0 Å². The lowest BCUT2D eigenvalue weighted by Gasteiger charge is -2.30. The summed E-state index contributed by atoms with van der Waals surface area (Å²) in [5.41, 5.74) is 5.85.